The van der Waals surface area contributed by atoms with Crippen molar-refractivity contribution in [3.63, 3.8) is 0 Å². The van der Waals surface area contributed by atoms with Crippen molar-refractivity contribution >= 4 is 17.7 Å². The number of aliphatic imine (C=N–C) groups is 1. The van der Waals surface area contributed by atoms with Gasteiger partial charge >= 0.3 is 6.09 Å². The molecule has 2 amide bonds. The first-order valence-corrected chi connectivity index (χ1v) is 8.75. The number of rotatable bonds is 3. The van der Waals surface area contributed by atoms with Crippen LogP contribution in [0.3, 0.4) is 0 Å². The zero-order valence-electron chi connectivity index (χ0n) is 14.9. The van der Waals surface area contributed by atoms with Gasteiger partial charge in [-0.1, -0.05) is 48.0 Å². The van der Waals surface area contributed by atoms with Gasteiger partial charge in [0.25, 0.3) is 5.91 Å². The molecule has 0 unspecified atom stereocenters. The fourth-order valence-corrected chi connectivity index (χ4v) is 2.88. The molecular formula is C21H22N2O3. The summed E-state index contributed by atoms with van der Waals surface area (Å²) in [7, 11) is 0. The molecule has 0 spiro atoms. The van der Waals surface area contributed by atoms with Crippen LogP contribution in [0.4, 0.5) is 4.79 Å². The predicted octanol–water partition coefficient (Wildman–Crippen LogP) is 4.01. The molecule has 1 aliphatic rings. The number of amides is 2. The van der Waals surface area contributed by atoms with Crippen LogP contribution in [0.5, 0.6) is 0 Å². The van der Waals surface area contributed by atoms with Gasteiger partial charge in [0.2, 0.25) is 0 Å². The Morgan fingerprint density at radius 1 is 1.08 bits per heavy atom. The Kier molecular flexibility index (Phi) is 5.79. The highest BCUT2D eigenvalue weighted by atomic mass is 16.5. The second kappa shape index (κ2) is 8.43. The molecule has 5 nitrogen and oxygen atoms in total. The van der Waals surface area contributed by atoms with E-state index in [2.05, 4.69) is 4.99 Å². The average molecular weight is 350 g/mol. The summed E-state index contributed by atoms with van der Waals surface area (Å²) >= 11 is 0. The smallest absolute Gasteiger partial charge is 0.433 e. The van der Waals surface area contributed by atoms with Gasteiger partial charge in [-0.15, -0.1) is 0 Å². The summed E-state index contributed by atoms with van der Waals surface area (Å²) in [4.78, 5) is 30.3. The van der Waals surface area contributed by atoms with Crippen LogP contribution in [0.2, 0.25) is 0 Å². The monoisotopic (exact) mass is 350 g/mol. The number of benzene rings is 2. The van der Waals surface area contributed by atoms with Crippen LogP contribution in [-0.2, 0) is 11.3 Å². The highest BCUT2D eigenvalue weighted by Gasteiger charge is 2.22. The van der Waals surface area contributed by atoms with E-state index in [0.717, 1.165) is 17.5 Å². The molecule has 2 aromatic carbocycles. The molecule has 134 valence electrons. The molecule has 0 N–H and O–H groups in total. The van der Waals surface area contributed by atoms with Gasteiger partial charge in [0.15, 0.2) is 0 Å². The lowest BCUT2D eigenvalue weighted by Crippen LogP contribution is -2.40. The number of likely N-dealkylation sites (tertiary alicyclic amines) is 1. The van der Waals surface area contributed by atoms with E-state index in [1.54, 1.807) is 4.90 Å². The molecule has 0 atom stereocenters. The van der Waals surface area contributed by atoms with Crippen LogP contribution in [0.15, 0.2) is 59.6 Å². The van der Waals surface area contributed by atoms with E-state index in [1.807, 2.05) is 61.5 Å². The summed E-state index contributed by atoms with van der Waals surface area (Å²) in [5.41, 5.74) is 3.38. The van der Waals surface area contributed by atoms with E-state index in [-0.39, 0.29) is 12.5 Å². The SMILES string of the molecule is Cc1ccc(C(=O)N2CCCC(=NC(=O)OCc3ccccc3)C2)cc1. The normalized spacial score (nSPS) is 15.7. The number of hydrogen-bond donors (Lipinski definition) is 0. The highest BCUT2D eigenvalue weighted by molar-refractivity contribution is 6.00. The molecule has 0 radical (unpaired) electrons. The quantitative estimate of drug-likeness (QED) is 0.840. The second-order valence-corrected chi connectivity index (χ2v) is 6.41. The van der Waals surface area contributed by atoms with E-state index in [9.17, 15) is 9.59 Å². The molecule has 0 saturated carbocycles. The number of carbonyl (C=O) groups excluding carboxylic acids is 2. The van der Waals surface area contributed by atoms with Crippen LogP contribution in [0.25, 0.3) is 0 Å². The Labute approximate surface area is 153 Å². The first kappa shape index (κ1) is 17.9. The van der Waals surface area contributed by atoms with Crippen LogP contribution < -0.4 is 0 Å². The standard InChI is InChI=1S/C21H22N2O3/c1-16-9-11-18(12-10-16)20(24)23-13-5-8-19(14-23)22-21(25)26-15-17-6-3-2-4-7-17/h2-4,6-7,9-12H,5,8,13-15H2,1H3. The summed E-state index contributed by atoms with van der Waals surface area (Å²) in [5.74, 6) is -0.0324. The second-order valence-electron chi connectivity index (χ2n) is 6.41. The largest absolute Gasteiger partial charge is 0.443 e. The van der Waals surface area contributed by atoms with Crippen molar-refractivity contribution in [3.8, 4) is 0 Å². The molecular weight excluding hydrogens is 328 g/mol. The third kappa shape index (κ3) is 4.79. The summed E-state index contributed by atoms with van der Waals surface area (Å²) < 4.78 is 5.19. The number of aryl methyl sites for hydroxylation is 1. The predicted molar refractivity (Wildman–Crippen MR) is 100 cm³/mol. The molecule has 3 rings (SSSR count). The lowest BCUT2D eigenvalue weighted by atomic mass is 10.1. The van der Waals surface area contributed by atoms with Crippen molar-refractivity contribution in [2.45, 2.75) is 26.4 Å². The summed E-state index contributed by atoms with van der Waals surface area (Å²) in [6.45, 7) is 3.22. The molecule has 0 aromatic heterocycles. The van der Waals surface area contributed by atoms with Gasteiger partial charge in [0, 0.05) is 17.8 Å². The fourth-order valence-electron chi connectivity index (χ4n) is 2.88. The van der Waals surface area contributed by atoms with Gasteiger partial charge in [0.1, 0.15) is 6.61 Å². The molecule has 0 bridgehead atoms. The van der Waals surface area contributed by atoms with Crippen molar-refractivity contribution in [1.29, 1.82) is 0 Å². The van der Waals surface area contributed by atoms with Gasteiger partial charge in [0.05, 0.1) is 6.54 Å². The lowest BCUT2D eigenvalue weighted by Gasteiger charge is -2.27. The number of hydrogen-bond acceptors (Lipinski definition) is 3. The molecule has 1 saturated heterocycles. The molecule has 1 aliphatic heterocycles. The average Bonchev–Trinajstić information content (AvgIpc) is 2.67. The highest BCUT2D eigenvalue weighted by Crippen LogP contribution is 2.13. The minimum absolute atomic E-state index is 0.0324. The van der Waals surface area contributed by atoms with Crippen molar-refractivity contribution in [1.82, 2.24) is 4.90 Å². The van der Waals surface area contributed by atoms with Gasteiger partial charge in [-0.3, -0.25) is 4.79 Å². The Hall–Kier alpha value is -2.95. The zero-order chi connectivity index (χ0) is 18.4. The van der Waals surface area contributed by atoms with Crippen molar-refractivity contribution < 1.29 is 14.3 Å². The van der Waals surface area contributed by atoms with E-state index in [4.69, 9.17) is 4.74 Å². The van der Waals surface area contributed by atoms with Crippen molar-refractivity contribution in [2.24, 2.45) is 4.99 Å². The lowest BCUT2D eigenvalue weighted by molar-refractivity contribution is 0.0768. The van der Waals surface area contributed by atoms with Crippen LogP contribution in [0, 0.1) is 6.92 Å². The Morgan fingerprint density at radius 3 is 2.54 bits per heavy atom. The van der Waals surface area contributed by atoms with Crippen LogP contribution in [0.1, 0.15) is 34.3 Å². The molecule has 2 aromatic rings. The molecule has 1 heterocycles. The van der Waals surface area contributed by atoms with Crippen LogP contribution >= 0.6 is 0 Å². The first-order chi connectivity index (χ1) is 12.6. The number of piperidine rings is 1. The summed E-state index contributed by atoms with van der Waals surface area (Å²) in [6, 6.07) is 17.0. The van der Waals surface area contributed by atoms with Crippen molar-refractivity contribution in [2.75, 3.05) is 13.1 Å². The fraction of sp³-hybridized carbons (Fsp3) is 0.286. The Bertz CT molecular complexity index is 798. The number of nitrogens with zero attached hydrogens (tertiary/aromatic N) is 2. The van der Waals surface area contributed by atoms with E-state index >= 15 is 0 Å². The molecule has 1 fully saturated rings. The van der Waals surface area contributed by atoms with Crippen molar-refractivity contribution in [3.05, 3.63) is 71.3 Å². The molecule has 0 aliphatic carbocycles. The van der Waals surface area contributed by atoms with E-state index < -0.39 is 6.09 Å². The third-order valence-electron chi connectivity index (χ3n) is 4.31. The maximum absolute atomic E-state index is 12.6. The third-order valence-corrected chi connectivity index (χ3v) is 4.31. The Morgan fingerprint density at radius 2 is 1.81 bits per heavy atom. The molecule has 26 heavy (non-hydrogen) atoms. The van der Waals surface area contributed by atoms with Gasteiger partial charge < -0.3 is 9.64 Å². The summed E-state index contributed by atoms with van der Waals surface area (Å²) in [5, 5.41) is 0. The molecule has 5 heteroatoms. The van der Waals surface area contributed by atoms with E-state index in [1.165, 1.54) is 0 Å². The maximum atomic E-state index is 12.6. The summed E-state index contributed by atoms with van der Waals surface area (Å²) in [6.07, 6.45) is 0.897. The maximum Gasteiger partial charge on any atom is 0.433 e. The first-order valence-electron chi connectivity index (χ1n) is 8.75. The zero-order valence-corrected chi connectivity index (χ0v) is 14.9. The van der Waals surface area contributed by atoms with Gasteiger partial charge in [-0.05, 0) is 37.5 Å². The topological polar surface area (TPSA) is 59.0 Å². The number of carbonyl (C=O) groups is 2. The number of ether oxygens (including phenoxy) is 1. The van der Waals surface area contributed by atoms with Gasteiger partial charge in [-0.2, -0.15) is 4.99 Å². The van der Waals surface area contributed by atoms with Gasteiger partial charge in [-0.25, -0.2) is 4.79 Å². The Balaban J connectivity index is 1.58. The van der Waals surface area contributed by atoms with Crippen LogP contribution in [-0.4, -0.2) is 35.7 Å². The van der Waals surface area contributed by atoms with E-state index in [0.29, 0.717) is 30.8 Å². The minimum atomic E-state index is -0.603. The minimum Gasteiger partial charge on any atom is -0.443 e.